The molecule has 0 radical (unpaired) electrons. The van der Waals surface area contributed by atoms with Gasteiger partial charge in [0.2, 0.25) is 11.8 Å². The number of carboxylic acids is 1. The highest BCUT2D eigenvalue weighted by atomic mass is 19.3. The molecule has 1 amide bonds. The average molecular weight is 644 g/mol. The molecule has 2 saturated carbocycles. The number of hydrogen-bond donors (Lipinski definition) is 1. The topological polar surface area (TPSA) is 128 Å². The van der Waals surface area contributed by atoms with E-state index in [4.69, 9.17) is 14.2 Å². The number of nitrogens with zero attached hydrogens (tertiary/aromatic N) is 3. The number of halogens is 2. The first-order valence-corrected chi connectivity index (χ1v) is 16.3. The van der Waals surface area contributed by atoms with Crippen LogP contribution < -0.4 is 9.47 Å². The number of carbonyl (C=O) groups is 3. The Morgan fingerprint density at radius 1 is 1.07 bits per heavy atom. The van der Waals surface area contributed by atoms with E-state index in [9.17, 15) is 19.5 Å². The predicted molar refractivity (Wildman–Crippen MR) is 162 cm³/mol. The van der Waals surface area contributed by atoms with Crippen LogP contribution in [0.5, 0.6) is 11.6 Å². The van der Waals surface area contributed by atoms with Gasteiger partial charge in [0.05, 0.1) is 37.0 Å². The number of ether oxygens (including phenoxy) is 3. The van der Waals surface area contributed by atoms with Crippen molar-refractivity contribution in [1.82, 2.24) is 14.9 Å². The van der Waals surface area contributed by atoms with E-state index in [-0.39, 0.29) is 42.4 Å². The second-order valence-corrected chi connectivity index (χ2v) is 14.7. The van der Waals surface area contributed by atoms with Crippen molar-refractivity contribution < 1.29 is 42.5 Å². The predicted octanol–water partition coefficient (Wildman–Crippen LogP) is 5.60. The second-order valence-electron chi connectivity index (χ2n) is 14.7. The Morgan fingerprint density at radius 2 is 1.83 bits per heavy atom. The maximum atomic E-state index is 16.1. The number of hydrogen-bond acceptors (Lipinski definition) is 8. The lowest BCUT2D eigenvalue weighted by atomic mass is 9.77. The van der Waals surface area contributed by atoms with Crippen LogP contribution in [0.15, 0.2) is 18.2 Å². The van der Waals surface area contributed by atoms with E-state index in [1.807, 2.05) is 20.8 Å². The third-order valence-electron chi connectivity index (χ3n) is 10.6. The fraction of sp³-hybridized carbons (Fsp3) is 0.676. The van der Waals surface area contributed by atoms with Crippen LogP contribution in [-0.4, -0.2) is 69.7 Å². The SMILES string of the molecule is COc1ccc2nc3c(nc2c1)O[C@H]1CN(C(=O)[C@H](C(C)(C)C)CC(=O)O[C@@H]2C[C@@H]4C[C@@H]4[C@H]2CCCCC3(F)F)[C@H](C(=O)O)[C@@H]1C. The van der Waals surface area contributed by atoms with E-state index in [1.54, 1.807) is 25.1 Å². The number of alkyl halides is 2. The summed E-state index contributed by atoms with van der Waals surface area (Å²) in [5.74, 6) is -6.24. The van der Waals surface area contributed by atoms with Crippen molar-refractivity contribution in [3.8, 4) is 11.6 Å². The normalized spacial score (nSPS) is 33.2. The van der Waals surface area contributed by atoms with Crippen LogP contribution in [-0.2, 0) is 25.0 Å². The first-order chi connectivity index (χ1) is 21.7. The molecule has 8 atom stereocenters. The van der Waals surface area contributed by atoms with Crippen LogP contribution >= 0.6 is 0 Å². The van der Waals surface area contributed by atoms with E-state index < -0.39 is 71.2 Å². The summed E-state index contributed by atoms with van der Waals surface area (Å²) < 4.78 is 49.6. The van der Waals surface area contributed by atoms with Crippen LogP contribution in [0.4, 0.5) is 8.78 Å². The van der Waals surface area contributed by atoms with E-state index in [0.29, 0.717) is 30.4 Å². The zero-order chi connectivity index (χ0) is 33.1. The Balaban J connectivity index is 1.41. The van der Waals surface area contributed by atoms with Gasteiger partial charge in [-0.1, -0.05) is 34.1 Å². The standard InChI is InChI=1S/C34H43F2N3O7/c1-17-26-16-39(28(17)32(42)43)31(41)22(33(2,3)4)15-27(40)45-25-13-18-12-21(18)20(25)8-6-7-11-34(35,36)29-30(46-26)38-24-14-19(44-5)9-10-23(24)37-29/h9-10,14,17-18,20-22,25-26,28H,6-8,11-13,15-16H2,1-5H3,(H,42,43)/t17-,18+,20-,21+,22-,25-,26+,28+/m1/s1. The van der Waals surface area contributed by atoms with Gasteiger partial charge in [-0.25, -0.2) is 14.8 Å². The molecule has 4 aliphatic rings. The molecule has 1 aromatic carbocycles. The van der Waals surface area contributed by atoms with E-state index in [0.717, 1.165) is 12.8 Å². The summed E-state index contributed by atoms with van der Waals surface area (Å²) in [6, 6.07) is 3.44. The van der Waals surface area contributed by atoms with Crippen molar-refractivity contribution in [2.45, 2.75) is 96.8 Å². The molecular weight excluding hydrogens is 600 g/mol. The minimum Gasteiger partial charge on any atom is -0.497 e. The summed E-state index contributed by atoms with van der Waals surface area (Å²) in [5.41, 5.74) is -0.787. The molecule has 2 aromatic rings. The Kier molecular flexibility index (Phi) is 8.38. The zero-order valence-corrected chi connectivity index (χ0v) is 27.0. The van der Waals surface area contributed by atoms with Crippen molar-refractivity contribution in [1.29, 1.82) is 0 Å². The lowest BCUT2D eigenvalue weighted by molar-refractivity contribution is -0.160. The van der Waals surface area contributed by atoms with Crippen molar-refractivity contribution in [3.63, 3.8) is 0 Å². The number of aliphatic carboxylic acids is 1. The van der Waals surface area contributed by atoms with E-state index in [1.165, 1.54) is 12.0 Å². The molecule has 10 nitrogen and oxygen atoms in total. The maximum absolute atomic E-state index is 16.1. The summed E-state index contributed by atoms with van der Waals surface area (Å²) >= 11 is 0. The first kappa shape index (κ1) is 32.4. The quantitative estimate of drug-likeness (QED) is 0.416. The van der Waals surface area contributed by atoms with Crippen molar-refractivity contribution >= 4 is 28.9 Å². The third-order valence-corrected chi connectivity index (χ3v) is 10.6. The van der Waals surface area contributed by atoms with Gasteiger partial charge < -0.3 is 24.2 Å². The van der Waals surface area contributed by atoms with Gasteiger partial charge >= 0.3 is 11.9 Å². The van der Waals surface area contributed by atoms with Crippen molar-refractivity contribution in [3.05, 3.63) is 23.9 Å². The molecule has 1 aromatic heterocycles. The van der Waals surface area contributed by atoms with Gasteiger partial charge in [0, 0.05) is 18.4 Å². The number of methoxy groups -OCH3 is 1. The molecule has 2 bridgehead atoms. The minimum atomic E-state index is -3.40. The number of rotatable bonds is 2. The van der Waals surface area contributed by atoms with Crippen molar-refractivity contribution in [2.24, 2.45) is 35.0 Å². The summed E-state index contributed by atoms with van der Waals surface area (Å²) in [5, 5.41) is 10.3. The Labute approximate surface area is 267 Å². The second kappa shape index (κ2) is 11.9. The highest BCUT2D eigenvalue weighted by molar-refractivity contribution is 5.89. The Bertz CT molecular complexity index is 1530. The number of carboxylic acid groups (broad SMARTS) is 1. The largest absolute Gasteiger partial charge is 0.497 e. The number of esters is 1. The number of aromatic nitrogens is 2. The smallest absolute Gasteiger partial charge is 0.326 e. The molecule has 2 aliphatic heterocycles. The number of fused-ring (bicyclic) bond motifs is 7. The van der Waals surface area contributed by atoms with E-state index in [2.05, 4.69) is 9.97 Å². The molecule has 1 N–H and O–H groups in total. The molecule has 46 heavy (non-hydrogen) atoms. The molecule has 2 aliphatic carbocycles. The Morgan fingerprint density at radius 3 is 2.52 bits per heavy atom. The molecule has 0 spiro atoms. The number of carbonyl (C=O) groups excluding carboxylic acids is 2. The van der Waals surface area contributed by atoms with Gasteiger partial charge in [0.25, 0.3) is 5.92 Å². The summed E-state index contributed by atoms with van der Waals surface area (Å²) in [7, 11) is 1.48. The maximum Gasteiger partial charge on any atom is 0.326 e. The summed E-state index contributed by atoms with van der Waals surface area (Å²) in [4.78, 5) is 50.1. The third kappa shape index (κ3) is 6.11. The van der Waals surface area contributed by atoms with Crippen LogP contribution in [0.3, 0.4) is 0 Å². The van der Waals surface area contributed by atoms with Crippen molar-refractivity contribution in [2.75, 3.05) is 13.7 Å². The highest BCUT2D eigenvalue weighted by Gasteiger charge is 2.55. The Hall–Kier alpha value is -3.57. The van der Waals surface area contributed by atoms with Crippen LogP contribution in [0.25, 0.3) is 11.0 Å². The van der Waals surface area contributed by atoms with Gasteiger partial charge in [0.15, 0.2) is 5.69 Å². The summed E-state index contributed by atoms with van der Waals surface area (Å²) in [6.45, 7) is 6.92. The monoisotopic (exact) mass is 643 g/mol. The lowest BCUT2D eigenvalue weighted by Gasteiger charge is -2.34. The van der Waals surface area contributed by atoms with E-state index >= 15 is 8.78 Å². The number of amides is 1. The lowest BCUT2D eigenvalue weighted by Crippen LogP contribution is -2.48. The van der Waals surface area contributed by atoms with Gasteiger partial charge in [0.1, 0.15) is 24.0 Å². The van der Waals surface area contributed by atoms with Crippen LogP contribution in [0.1, 0.15) is 78.3 Å². The average Bonchev–Trinajstić information content (AvgIpc) is 3.55. The van der Waals surface area contributed by atoms with Crippen LogP contribution in [0.2, 0.25) is 0 Å². The molecular formula is C34H43F2N3O7. The molecule has 1 saturated heterocycles. The van der Waals surface area contributed by atoms with Gasteiger partial charge in [-0.15, -0.1) is 0 Å². The van der Waals surface area contributed by atoms with Crippen LogP contribution in [0, 0.1) is 35.0 Å². The molecule has 250 valence electrons. The minimum absolute atomic E-state index is 0.0937. The first-order valence-electron chi connectivity index (χ1n) is 16.3. The zero-order valence-electron chi connectivity index (χ0n) is 27.0. The number of benzene rings is 1. The molecule has 3 fully saturated rings. The molecule has 0 unspecified atom stereocenters. The highest BCUT2D eigenvalue weighted by Crippen LogP contribution is 2.58. The van der Waals surface area contributed by atoms with Gasteiger partial charge in [-0.3, -0.25) is 9.59 Å². The molecule has 3 heterocycles. The fourth-order valence-corrected chi connectivity index (χ4v) is 7.84. The molecule has 6 rings (SSSR count). The van der Waals surface area contributed by atoms with Gasteiger partial charge in [-0.05, 0) is 61.0 Å². The fourth-order valence-electron chi connectivity index (χ4n) is 7.84. The van der Waals surface area contributed by atoms with Gasteiger partial charge in [-0.2, -0.15) is 8.78 Å². The molecule has 12 heteroatoms. The summed E-state index contributed by atoms with van der Waals surface area (Å²) in [6.07, 6.45) is 1.27.